The molecule has 0 heterocycles. The minimum atomic E-state index is -4.33. The Balaban J connectivity index is 3.04. The molecule has 0 saturated carbocycles. The average molecular weight is 232 g/mol. The summed E-state index contributed by atoms with van der Waals surface area (Å²) in [7, 11) is 1.61. The molecule has 0 fully saturated rings. The van der Waals surface area contributed by atoms with Crippen molar-refractivity contribution < 1.29 is 13.2 Å². The van der Waals surface area contributed by atoms with Crippen molar-refractivity contribution in [2.45, 2.75) is 19.1 Å². The van der Waals surface area contributed by atoms with Gasteiger partial charge in [-0.2, -0.15) is 13.2 Å². The Labute approximate surface area is 92.9 Å². The van der Waals surface area contributed by atoms with Crippen LogP contribution >= 0.6 is 0 Å². The first-order chi connectivity index (χ1) is 7.32. The van der Waals surface area contributed by atoms with Crippen LogP contribution in [0.2, 0.25) is 0 Å². The Hall–Kier alpha value is -1.23. The van der Waals surface area contributed by atoms with E-state index in [1.165, 1.54) is 17.0 Å². The highest BCUT2D eigenvalue weighted by Crippen LogP contribution is 2.35. The van der Waals surface area contributed by atoms with Gasteiger partial charge in [-0.1, -0.05) is 12.1 Å². The van der Waals surface area contributed by atoms with Gasteiger partial charge in [-0.3, -0.25) is 0 Å². The van der Waals surface area contributed by atoms with Crippen LogP contribution in [-0.2, 0) is 6.18 Å². The summed E-state index contributed by atoms with van der Waals surface area (Å²) in [6.45, 7) is 2.14. The molecule has 0 amide bonds. The zero-order valence-electron chi connectivity index (χ0n) is 9.25. The fourth-order valence-corrected chi connectivity index (χ4v) is 1.58. The highest BCUT2D eigenvalue weighted by atomic mass is 19.4. The van der Waals surface area contributed by atoms with Gasteiger partial charge in [0, 0.05) is 25.3 Å². The van der Waals surface area contributed by atoms with Crippen LogP contribution in [-0.4, -0.2) is 19.6 Å². The SMILES string of the molecule is CC(N)CN(C)c1ccccc1C(F)(F)F. The fourth-order valence-electron chi connectivity index (χ4n) is 1.58. The molecule has 1 aromatic rings. The average Bonchev–Trinajstić information content (AvgIpc) is 2.15. The fraction of sp³-hybridized carbons (Fsp3) is 0.455. The maximum absolute atomic E-state index is 12.7. The molecule has 0 aliphatic heterocycles. The topological polar surface area (TPSA) is 29.3 Å². The molecular formula is C11H15F3N2. The van der Waals surface area contributed by atoms with Gasteiger partial charge in [-0.05, 0) is 19.1 Å². The summed E-state index contributed by atoms with van der Waals surface area (Å²) >= 11 is 0. The van der Waals surface area contributed by atoms with Gasteiger partial charge in [0.25, 0.3) is 0 Å². The Morgan fingerprint density at radius 3 is 2.38 bits per heavy atom. The molecule has 90 valence electrons. The molecular weight excluding hydrogens is 217 g/mol. The molecule has 1 rings (SSSR count). The largest absolute Gasteiger partial charge is 0.418 e. The van der Waals surface area contributed by atoms with Crippen LogP contribution in [0.25, 0.3) is 0 Å². The number of nitrogens with zero attached hydrogens (tertiary/aromatic N) is 1. The molecule has 0 saturated heterocycles. The zero-order valence-corrected chi connectivity index (χ0v) is 9.25. The van der Waals surface area contributed by atoms with E-state index in [-0.39, 0.29) is 11.7 Å². The van der Waals surface area contributed by atoms with Gasteiger partial charge < -0.3 is 10.6 Å². The lowest BCUT2D eigenvalue weighted by molar-refractivity contribution is -0.137. The second-order valence-electron chi connectivity index (χ2n) is 3.87. The van der Waals surface area contributed by atoms with Gasteiger partial charge >= 0.3 is 6.18 Å². The van der Waals surface area contributed by atoms with Crippen LogP contribution in [0.5, 0.6) is 0 Å². The van der Waals surface area contributed by atoms with Crippen LogP contribution in [0.3, 0.4) is 0 Å². The summed E-state index contributed by atoms with van der Waals surface area (Å²) in [6, 6.07) is 5.32. The quantitative estimate of drug-likeness (QED) is 0.867. The van der Waals surface area contributed by atoms with Crippen molar-refractivity contribution in [3.63, 3.8) is 0 Å². The number of alkyl halides is 3. The monoisotopic (exact) mass is 232 g/mol. The van der Waals surface area contributed by atoms with E-state index in [9.17, 15) is 13.2 Å². The standard InChI is InChI=1S/C11H15F3N2/c1-8(15)7-16(2)10-6-4-3-5-9(10)11(12,13)14/h3-6,8H,7,15H2,1-2H3. The molecule has 2 N–H and O–H groups in total. The molecule has 5 heteroatoms. The lowest BCUT2D eigenvalue weighted by Gasteiger charge is -2.24. The summed E-state index contributed by atoms with van der Waals surface area (Å²) in [6.07, 6.45) is -4.33. The summed E-state index contributed by atoms with van der Waals surface area (Å²) in [5.74, 6) is 0. The Bertz CT molecular complexity index is 347. The van der Waals surface area contributed by atoms with E-state index in [4.69, 9.17) is 5.73 Å². The maximum Gasteiger partial charge on any atom is 0.418 e. The molecule has 0 aliphatic carbocycles. The van der Waals surface area contributed by atoms with Crippen molar-refractivity contribution >= 4 is 5.69 Å². The number of anilines is 1. The molecule has 1 atom stereocenters. The number of benzene rings is 1. The number of hydrogen-bond donors (Lipinski definition) is 1. The molecule has 0 aliphatic rings. The van der Waals surface area contributed by atoms with Crippen LogP contribution in [0.1, 0.15) is 12.5 Å². The van der Waals surface area contributed by atoms with Crippen molar-refractivity contribution in [1.82, 2.24) is 0 Å². The first-order valence-corrected chi connectivity index (χ1v) is 4.95. The number of halogens is 3. The summed E-state index contributed by atoms with van der Waals surface area (Å²) in [5, 5.41) is 0. The van der Waals surface area contributed by atoms with Crippen LogP contribution in [0.4, 0.5) is 18.9 Å². The molecule has 0 bridgehead atoms. The summed E-state index contributed by atoms with van der Waals surface area (Å²) in [4.78, 5) is 1.52. The number of rotatable bonds is 3. The Kier molecular flexibility index (Phi) is 3.80. The van der Waals surface area contributed by atoms with Crippen LogP contribution in [0.15, 0.2) is 24.3 Å². The predicted octanol–water partition coefficient (Wildman–Crippen LogP) is 2.49. The number of likely N-dealkylation sites (N-methyl/N-ethyl adjacent to an activating group) is 1. The zero-order chi connectivity index (χ0) is 12.3. The minimum absolute atomic E-state index is 0.160. The number of nitrogens with two attached hydrogens (primary N) is 1. The van der Waals surface area contributed by atoms with E-state index in [0.29, 0.717) is 6.54 Å². The van der Waals surface area contributed by atoms with Crippen molar-refractivity contribution in [2.24, 2.45) is 5.73 Å². The Morgan fingerprint density at radius 2 is 1.88 bits per heavy atom. The van der Waals surface area contributed by atoms with Gasteiger partial charge in [0.2, 0.25) is 0 Å². The lowest BCUT2D eigenvalue weighted by atomic mass is 10.1. The van der Waals surface area contributed by atoms with Crippen molar-refractivity contribution in [3.8, 4) is 0 Å². The van der Waals surface area contributed by atoms with Gasteiger partial charge in [0.15, 0.2) is 0 Å². The van der Waals surface area contributed by atoms with E-state index < -0.39 is 11.7 Å². The van der Waals surface area contributed by atoms with Crippen molar-refractivity contribution in [3.05, 3.63) is 29.8 Å². The van der Waals surface area contributed by atoms with E-state index in [1.807, 2.05) is 0 Å². The number of para-hydroxylation sites is 1. The van der Waals surface area contributed by atoms with E-state index in [2.05, 4.69) is 0 Å². The Morgan fingerprint density at radius 1 is 1.31 bits per heavy atom. The number of hydrogen-bond acceptors (Lipinski definition) is 2. The summed E-state index contributed by atoms with van der Waals surface area (Å²) in [5.41, 5.74) is 5.10. The van der Waals surface area contributed by atoms with Crippen LogP contribution in [0, 0.1) is 0 Å². The molecule has 1 unspecified atom stereocenters. The van der Waals surface area contributed by atoms with Gasteiger partial charge in [-0.25, -0.2) is 0 Å². The summed E-state index contributed by atoms with van der Waals surface area (Å²) < 4.78 is 38.1. The first-order valence-electron chi connectivity index (χ1n) is 4.95. The molecule has 2 nitrogen and oxygen atoms in total. The normalized spacial score (nSPS) is 13.6. The van der Waals surface area contributed by atoms with Crippen LogP contribution < -0.4 is 10.6 Å². The van der Waals surface area contributed by atoms with E-state index in [1.54, 1.807) is 20.0 Å². The first kappa shape index (κ1) is 12.8. The van der Waals surface area contributed by atoms with Gasteiger partial charge in [0.05, 0.1) is 5.56 Å². The third-order valence-corrected chi connectivity index (χ3v) is 2.18. The highest BCUT2D eigenvalue weighted by Gasteiger charge is 2.34. The lowest BCUT2D eigenvalue weighted by Crippen LogP contribution is -2.33. The molecule has 1 aromatic carbocycles. The molecule has 16 heavy (non-hydrogen) atoms. The molecule has 0 radical (unpaired) electrons. The van der Waals surface area contributed by atoms with Gasteiger partial charge in [0.1, 0.15) is 0 Å². The third kappa shape index (κ3) is 3.13. The van der Waals surface area contributed by atoms with E-state index in [0.717, 1.165) is 6.07 Å². The second-order valence-corrected chi connectivity index (χ2v) is 3.87. The maximum atomic E-state index is 12.7. The van der Waals surface area contributed by atoms with Crippen molar-refractivity contribution in [1.29, 1.82) is 0 Å². The van der Waals surface area contributed by atoms with Gasteiger partial charge in [-0.15, -0.1) is 0 Å². The van der Waals surface area contributed by atoms with E-state index >= 15 is 0 Å². The predicted molar refractivity (Wildman–Crippen MR) is 58.4 cm³/mol. The van der Waals surface area contributed by atoms with Crippen molar-refractivity contribution in [2.75, 3.05) is 18.5 Å². The third-order valence-electron chi connectivity index (χ3n) is 2.18. The minimum Gasteiger partial charge on any atom is -0.373 e. The second kappa shape index (κ2) is 4.74. The molecule has 0 spiro atoms. The molecule has 0 aromatic heterocycles. The highest BCUT2D eigenvalue weighted by molar-refractivity contribution is 5.54. The smallest absolute Gasteiger partial charge is 0.373 e.